The van der Waals surface area contributed by atoms with Gasteiger partial charge in [0.15, 0.2) is 0 Å². The van der Waals surface area contributed by atoms with Crippen LogP contribution in [0.1, 0.15) is 33.1 Å². The summed E-state index contributed by atoms with van der Waals surface area (Å²) < 4.78 is 0. The van der Waals surface area contributed by atoms with E-state index in [1.807, 2.05) is 0 Å². The molecule has 1 aliphatic rings. The van der Waals surface area contributed by atoms with E-state index >= 15 is 0 Å². The minimum Gasteiger partial charge on any atom is -0.329 e. The molecule has 14 heavy (non-hydrogen) atoms. The van der Waals surface area contributed by atoms with E-state index in [1.54, 1.807) is 0 Å². The molecule has 1 fully saturated rings. The molecule has 2 unspecified atom stereocenters. The van der Waals surface area contributed by atoms with Crippen molar-refractivity contribution in [3.8, 4) is 0 Å². The van der Waals surface area contributed by atoms with Crippen molar-refractivity contribution in [3.05, 3.63) is 0 Å². The Morgan fingerprint density at radius 1 is 1.57 bits per heavy atom. The standard InChI is InChI=1S/C11H24N2S/c1-3-4-5-11(8-12)13-6-7-14-9-10(13)2/h10-11H,3-9,12H2,1-2H3. The SMILES string of the molecule is CCCCC(CN)N1CCSCC1C. The summed E-state index contributed by atoms with van der Waals surface area (Å²) in [6, 6.07) is 1.35. The van der Waals surface area contributed by atoms with Crippen molar-refractivity contribution in [2.24, 2.45) is 5.73 Å². The highest BCUT2D eigenvalue weighted by Gasteiger charge is 2.24. The summed E-state index contributed by atoms with van der Waals surface area (Å²) in [6.45, 7) is 6.65. The number of unbranched alkanes of at least 4 members (excludes halogenated alkanes) is 1. The Bertz CT molecular complexity index is 152. The average Bonchev–Trinajstić information content (AvgIpc) is 2.21. The second-order valence-corrected chi connectivity index (χ2v) is 5.34. The monoisotopic (exact) mass is 216 g/mol. The summed E-state index contributed by atoms with van der Waals surface area (Å²) in [6.07, 6.45) is 3.88. The predicted octanol–water partition coefficient (Wildman–Crippen LogP) is 1.94. The van der Waals surface area contributed by atoms with Crippen LogP contribution in [0.3, 0.4) is 0 Å². The van der Waals surface area contributed by atoms with E-state index in [2.05, 4.69) is 30.5 Å². The Kier molecular flexibility index (Phi) is 5.90. The van der Waals surface area contributed by atoms with Crippen molar-refractivity contribution < 1.29 is 0 Å². The lowest BCUT2D eigenvalue weighted by Crippen LogP contribution is -2.49. The number of hydrogen-bond donors (Lipinski definition) is 1. The quantitative estimate of drug-likeness (QED) is 0.761. The highest BCUT2D eigenvalue weighted by molar-refractivity contribution is 7.99. The van der Waals surface area contributed by atoms with Crippen LogP contribution in [0.25, 0.3) is 0 Å². The molecule has 1 saturated heterocycles. The van der Waals surface area contributed by atoms with Crippen LogP contribution in [-0.2, 0) is 0 Å². The molecular weight excluding hydrogens is 192 g/mol. The fourth-order valence-electron chi connectivity index (χ4n) is 2.14. The molecule has 2 nitrogen and oxygen atoms in total. The molecule has 2 atom stereocenters. The first kappa shape index (κ1) is 12.3. The zero-order chi connectivity index (χ0) is 10.4. The minimum absolute atomic E-state index is 0.630. The molecule has 2 N–H and O–H groups in total. The van der Waals surface area contributed by atoms with E-state index in [0.29, 0.717) is 6.04 Å². The molecular formula is C11H24N2S. The average molecular weight is 216 g/mol. The summed E-state index contributed by atoms with van der Waals surface area (Å²) in [5, 5.41) is 0. The molecule has 3 heteroatoms. The van der Waals surface area contributed by atoms with Gasteiger partial charge in [-0.2, -0.15) is 11.8 Å². The van der Waals surface area contributed by atoms with Crippen LogP contribution in [0.2, 0.25) is 0 Å². The lowest BCUT2D eigenvalue weighted by molar-refractivity contribution is 0.155. The number of nitrogens with two attached hydrogens (primary N) is 1. The van der Waals surface area contributed by atoms with Gasteiger partial charge in [0.25, 0.3) is 0 Å². The molecule has 84 valence electrons. The zero-order valence-electron chi connectivity index (χ0n) is 9.54. The molecule has 0 aromatic heterocycles. The maximum atomic E-state index is 5.86. The largest absolute Gasteiger partial charge is 0.329 e. The molecule has 0 bridgehead atoms. The fraction of sp³-hybridized carbons (Fsp3) is 1.00. The van der Waals surface area contributed by atoms with Gasteiger partial charge in [-0.25, -0.2) is 0 Å². The molecule has 1 aliphatic heterocycles. The zero-order valence-corrected chi connectivity index (χ0v) is 10.4. The summed E-state index contributed by atoms with van der Waals surface area (Å²) in [7, 11) is 0. The Hall–Kier alpha value is 0.270. The normalized spacial score (nSPS) is 26.4. The van der Waals surface area contributed by atoms with Gasteiger partial charge in [-0.3, -0.25) is 4.90 Å². The van der Waals surface area contributed by atoms with Gasteiger partial charge in [0.1, 0.15) is 0 Å². The highest BCUT2D eigenvalue weighted by atomic mass is 32.2. The number of rotatable bonds is 5. The molecule has 0 radical (unpaired) electrons. The van der Waals surface area contributed by atoms with E-state index in [9.17, 15) is 0 Å². The first-order valence-electron chi connectivity index (χ1n) is 5.83. The van der Waals surface area contributed by atoms with Crippen LogP contribution in [0.15, 0.2) is 0 Å². The van der Waals surface area contributed by atoms with Crippen molar-refractivity contribution >= 4 is 11.8 Å². The number of hydrogen-bond acceptors (Lipinski definition) is 3. The Morgan fingerprint density at radius 2 is 2.36 bits per heavy atom. The van der Waals surface area contributed by atoms with E-state index in [0.717, 1.165) is 12.6 Å². The van der Waals surface area contributed by atoms with E-state index in [4.69, 9.17) is 5.73 Å². The second-order valence-electron chi connectivity index (χ2n) is 4.19. The van der Waals surface area contributed by atoms with Crippen LogP contribution in [-0.4, -0.2) is 41.6 Å². The van der Waals surface area contributed by atoms with Crippen LogP contribution >= 0.6 is 11.8 Å². The first-order chi connectivity index (χ1) is 6.79. The lowest BCUT2D eigenvalue weighted by Gasteiger charge is -2.39. The summed E-state index contributed by atoms with van der Waals surface area (Å²) in [4.78, 5) is 2.62. The van der Waals surface area contributed by atoms with Crippen LogP contribution < -0.4 is 5.73 Å². The highest BCUT2D eigenvalue weighted by Crippen LogP contribution is 2.20. The first-order valence-corrected chi connectivity index (χ1v) is 6.98. The maximum absolute atomic E-state index is 5.86. The minimum atomic E-state index is 0.630. The van der Waals surface area contributed by atoms with Crippen molar-refractivity contribution in [2.45, 2.75) is 45.2 Å². The number of nitrogens with zero attached hydrogens (tertiary/aromatic N) is 1. The second kappa shape index (κ2) is 6.70. The summed E-state index contributed by atoms with van der Waals surface area (Å²) in [5.74, 6) is 2.57. The Labute approximate surface area is 92.6 Å². The molecule has 1 rings (SSSR count). The predicted molar refractivity (Wildman–Crippen MR) is 65.9 cm³/mol. The maximum Gasteiger partial charge on any atom is 0.0221 e. The van der Waals surface area contributed by atoms with Crippen molar-refractivity contribution in [2.75, 3.05) is 24.6 Å². The van der Waals surface area contributed by atoms with Crippen molar-refractivity contribution in [3.63, 3.8) is 0 Å². The third-order valence-electron chi connectivity index (χ3n) is 3.05. The molecule has 0 saturated carbocycles. The van der Waals surface area contributed by atoms with Gasteiger partial charge in [-0.1, -0.05) is 19.8 Å². The molecule has 0 spiro atoms. The van der Waals surface area contributed by atoms with Crippen LogP contribution in [0.4, 0.5) is 0 Å². The smallest absolute Gasteiger partial charge is 0.0221 e. The van der Waals surface area contributed by atoms with E-state index in [-0.39, 0.29) is 0 Å². The van der Waals surface area contributed by atoms with E-state index in [1.165, 1.54) is 37.3 Å². The fourth-order valence-corrected chi connectivity index (χ4v) is 3.18. The van der Waals surface area contributed by atoms with Gasteiger partial charge in [0.05, 0.1) is 0 Å². The van der Waals surface area contributed by atoms with Crippen molar-refractivity contribution in [1.82, 2.24) is 4.90 Å². The van der Waals surface area contributed by atoms with Crippen LogP contribution in [0.5, 0.6) is 0 Å². The molecule has 0 amide bonds. The molecule has 0 aromatic rings. The van der Waals surface area contributed by atoms with Crippen LogP contribution in [0, 0.1) is 0 Å². The van der Waals surface area contributed by atoms with Gasteiger partial charge >= 0.3 is 0 Å². The summed E-state index contributed by atoms with van der Waals surface area (Å²) >= 11 is 2.08. The van der Waals surface area contributed by atoms with E-state index < -0.39 is 0 Å². The Balaban J connectivity index is 2.40. The van der Waals surface area contributed by atoms with Gasteiger partial charge in [-0.05, 0) is 13.3 Å². The lowest BCUT2D eigenvalue weighted by atomic mass is 10.1. The molecule has 0 aromatic carbocycles. The topological polar surface area (TPSA) is 29.3 Å². The Morgan fingerprint density at radius 3 is 2.93 bits per heavy atom. The summed E-state index contributed by atoms with van der Waals surface area (Å²) in [5.41, 5.74) is 5.86. The molecule has 0 aliphatic carbocycles. The third-order valence-corrected chi connectivity index (χ3v) is 4.24. The van der Waals surface area contributed by atoms with Gasteiger partial charge in [0.2, 0.25) is 0 Å². The van der Waals surface area contributed by atoms with Gasteiger partial charge < -0.3 is 5.73 Å². The third kappa shape index (κ3) is 3.44. The van der Waals surface area contributed by atoms with Gasteiger partial charge in [0, 0.05) is 36.7 Å². The molecule has 1 heterocycles. The van der Waals surface area contributed by atoms with Crippen molar-refractivity contribution in [1.29, 1.82) is 0 Å². The van der Waals surface area contributed by atoms with Gasteiger partial charge in [-0.15, -0.1) is 0 Å². The number of thioether (sulfide) groups is 1.